The molecule has 0 aliphatic heterocycles. The second-order valence-corrected chi connectivity index (χ2v) is 6.50. The van der Waals surface area contributed by atoms with Crippen LogP contribution in [0.5, 0.6) is 0 Å². The molecular weight excluding hydrogens is 241 g/mol. The zero-order valence-electron chi connectivity index (χ0n) is 10.1. The van der Waals surface area contributed by atoms with Gasteiger partial charge in [0.1, 0.15) is 0 Å². The van der Waals surface area contributed by atoms with Crippen LogP contribution in [0.25, 0.3) is 0 Å². The molecule has 0 unspecified atom stereocenters. The number of hydrogen-bond acceptors (Lipinski definition) is 1. The molecule has 0 heterocycles. The van der Waals surface area contributed by atoms with Crippen LogP contribution in [0.2, 0.25) is 0 Å². The number of rotatable bonds is 5. The first-order valence-electron chi connectivity index (χ1n) is 5.84. The summed E-state index contributed by atoms with van der Waals surface area (Å²) in [4.78, 5) is 0. The van der Waals surface area contributed by atoms with E-state index in [1.807, 2.05) is 60.7 Å². The third-order valence-corrected chi connectivity index (χ3v) is 5.38. The molecule has 0 fully saturated rings. The fourth-order valence-corrected chi connectivity index (χ4v) is 4.03. The molecule has 0 aliphatic carbocycles. The van der Waals surface area contributed by atoms with Crippen molar-refractivity contribution < 1.29 is 4.57 Å². The summed E-state index contributed by atoms with van der Waals surface area (Å²) in [6.07, 6.45) is 1.72. The van der Waals surface area contributed by atoms with Crippen LogP contribution in [-0.2, 0) is 4.57 Å². The van der Waals surface area contributed by atoms with Crippen LogP contribution in [0.15, 0.2) is 73.3 Å². The SMILES string of the molecule is C=CCNP(=O)(c1ccccc1)c1ccccc1. The fraction of sp³-hybridized carbons (Fsp3) is 0.0667. The van der Waals surface area contributed by atoms with E-state index < -0.39 is 7.29 Å². The quantitative estimate of drug-likeness (QED) is 0.659. The van der Waals surface area contributed by atoms with Gasteiger partial charge in [0.25, 0.3) is 0 Å². The predicted octanol–water partition coefficient (Wildman–Crippen LogP) is 2.69. The van der Waals surface area contributed by atoms with E-state index in [4.69, 9.17) is 0 Å². The minimum Gasteiger partial charge on any atom is -0.297 e. The third-order valence-electron chi connectivity index (χ3n) is 2.70. The maximum atomic E-state index is 13.2. The second kappa shape index (κ2) is 5.81. The molecule has 2 aromatic carbocycles. The molecular formula is C15H16NOP. The summed E-state index contributed by atoms with van der Waals surface area (Å²) in [7, 11) is -2.76. The molecule has 0 bridgehead atoms. The Morgan fingerprint density at radius 1 is 0.944 bits per heavy atom. The molecule has 18 heavy (non-hydrogen) atoms. The van der Waals surface area contributed by atoms with E-state index in [0.717, 1.165) is 10.6 Å². The lowest BCUT2D eigenvalue weighted by molar-refractivity contribution is 0.580. The monoisotopic (exact) mass is 257 g/mol. The maximum absolute atomic E-state index is 13.2. The highest BCUT2D eigenvalue weighted by Gasteiger charge is 2.25. The highest BCUT2D eigenvalue weighted by Crippen LogP contribution is 2.38. The molecule has 0 radical (unpaired) electrons. The number of hydrogen-bond donors (Lipinski definition) is 1. The highest BCUT2D eigenvalue weighted by molar-refractivity contribution is 7.76. The lowest BCUT2D eigenvalue weighted by Crippen LogP contribution is -2.27. The largest absolute Gasteiger partial charge is 0.297 e. The van der Waals surface area contributed by atoms with Gasteiger partial charge in [-0.3, -0.25) is 9.65 Å². The van der Waals surface area contributed by atoms with Gasteiger partial charge in [-0.05, 0) is 24.3 Å². The molecule has 92 valence electrons. The predicted molar refractivity (Wildman–Crippen MR) is 78.0 cm³/mol. The molecule has 0 saturated heterocycles. The van der Waals surface area contributed by atoms with E-state index in [9.17, 15) is 4.57 Å². The van der Waals surface area contributed by atoms with Crippen LogP contribution in [0.4, 0.5) is 0 Å². The fourth-order valence-electron chi connectivity index (χ4n) is 1.80. The first kappa shape index (κ1) is 12.8. The molecule has 0 spiro atoms. The van der Waals surface area contributed by atoms with E-state index in [2.05, 4.69) is 11.7 Å². The summed E-state index contributed by atoms with van der Waals surface area (Å²) in [5, 5.41) is 4.75. The minimum absolute atomic E-state index is 0.515. The summed E-state index contributed by atoms with van der Waals surface area (Å²) in [6, 6.07) is 19.0. The standard InChI is InChI=1S/C15H16NOP/c1-2-13-16-18(17,14-9-5-3-6-10-14)15-11-7-4-8-12-15/h2-12H,1,13H2,(H,16,17). The molecule has 2 nitrogen and oxygen atoms in total. The Kier molecular flexibility index (Phi) is 4.14. The van der Waals surface area contributed by atoms with E-state index >= 15 is 0 Å². The van der Waals surface area contributed by atoms with Crippen molar-refractivity contribution in [2.75, 3.05) is 6.54 Å². The van der Waals surface area contributed by atoms with Crippen LogP contribution in [0.3, 0.4) is 0 Å². The lowest BCUT2D eigenvalue weighted by atomic mass is 10.4. The zero-order valence-corrected chi connectivity index (χ0v) is 11.0. The van der Waals surface area contributed by atoms with Crippen LogP contribution in [-0.4, -0.2) is 6.54 Å². The van der Waals surface area contributed by atoms with Crippen molar-refractivity contribution in [2.45, 2.75) is 0 Å². The molecule has 1 N–H and O–H groups in total. The van der Waals surface area contributed by atoms with Crippen LogP contribution >= 0.6 is 7.29 Å². The van der Waals surface area contributed by atoms with E-state index in [1.54, 1.807) is 6.08 Å². The van der Waals surface area contributed by atoms with E-state index in [1.165, 1.54) is 0 Å². The summed E-state index contributed by atoms with van der Waals surface area (Å²) in [5.74, 6) is 0. The first-order valence-corrected chi connectivity index (χ1v) is 7.55. The van der Waals surface area contributed by atoms with Gasteiger partial charge in [-0.25, -0.2) is 0 Å². The Balaban J connectivity index is 2.48. The van der Waals surface area contributed by atoms with Crippen molar-refractivity contribution in [3.05, 3.63) is 73.3 Å². The Morgan fingerprint density at radius 2 is 1.39 bits per heavy atom. The second-order valence-electron chi connectivity index (χ2n) is 3.93. The smallest absolute Gasteiger partial charge is 0.204 e. The van der Waals surface area contributed by atoms with Gasteiger partial charge in [-0.15, -0.1) is 6.58 Å². The molecule has 3 heteroatoms. The Morgan fingerprint density at radius 3 is 1.78 bits per heavy atom. The molecule has 0 aliphatic rings. The normalized spacial score (nSPS) is 11.1. The van der Waals surface area contributed by atoms with Gasteiger partial charge < -0.3 is 0 Å². The third kappa shape index (κ3) is 2.61. The van der Waals surface area contributed by atoms with Crippen LogP contribution in [0.1, 0.15) is 0 Å². The highest BCUT2D eigenvalue weighted by atomic mass is 31.2. The summed E-state index contributed by atoms with van der Waals surface area (Å²) >= 11 is 0. The van der Waals surface area contributed by atoms with Gasteiger partial charge in [-0.1, -0.05) is 42.5 Å². The van der Waals surface area contributed by atoms with E-state index in [-0.39, 0.29) is 0 Å². The van der Waals surface area contributed by atoms with Crippen molar-refractivity contribution in [1.29, 1.82) is 0 Å². The van der Waals surface area contributed by atoms with Crippen LogP contribution < -0.4 is 15.7 Å². The molecule has 0 saturated carbocycles. The Hall–Kier alpha value is -1.63. The van der Waals surface area contributed by atoms with Crippen molar-refractivity contribution in [3.8, 4) is 0 Å². The molecule has 0 amide bonds. The van der Waals surface area contributed by atoms with Gasteiger partial charge in [0.05, 0.1) is 0 Å². The van der Waals surface area contributed by atoms with Gasteiger partial charge >= 0.3 is 0 Å². The maximum Gasteiger partial charge on any atom is 0.204 e. The molecule has 0 atom stereocenters. The van der Waals surface area contributed by atoms with Gasteiger partial charge in [0.15, 0.2) is 0 Å². The van der Waals surface area contributed by atoms with Gasteiger partial charge in [0.2, 0.25) is 7.29 Å². The summed E-state index contributed by atoms with van der Waals surface area (Å²) in [5.41, 5.74) is 0. The molecule has 2 aromatic rings. The van der Waals surface area contributed by atoms with Crippen molar-refractivity contribution in [2.24, 2.45) is 0 Å². The topological polar surface area (TPSA) is 29.1 Å². The molecule has 0 aromatic heterocycles. The van der Waals surface area contributed by atoms with Gasteiger partial charge in [0, 0.05) is 17.2 Å². The number of nitrogens with one attached hydrogen (secondary N) is 1. The van der Waals surface area contributed by atoms with Crippen molar-refractivity contribution in [1.82, 2.24) is 5.09 Å². The minimum atomic E-state index is -2.76. The Labute approximate surface area is 108 Å². The number of benzene rings is 2. The average Bonchev–Trinajstić information content (AvgIpc) is 2.46. The molecule has 2 rings (SSSR count). The first-order chi connectivity index (χ1) is 8.77. The van der Waals surface area contributed by atoms with Crippen molar-refractivity contribution >= 4 is 17.9 Å². The Bertz CT molecular complexity index is 508. The van der Waals surface area contributed by atoms with Crippen molar-refractivity contribution in [3.63, 3.8) is 0 Å². The summed E-state index contributed by atoms with van der Waals surface area (Å²) < 4.78 is 13.2. The van der Waals surface area contributed by atoms with Gasteiger partial charge in [-0.2, -0.15) is 0 Å². The summed E-state index contributed by atoms with van der Waals surface area (Å²) in [6.45, 7) is 4.18. The lowest BCUT2D eigenvalue weighted by Gasteiger charge is -2.19. The van der Waals surface area contributed by atoms with E-state index in [0.29, 0.717) is 6.54 Å². The average molecular weight is 257 g/mol. The van der Waals surface area contributed by atoms with Crippen LogP contribution in [0, 0.1) is 0 Å². The zero-order chi connectivity index (χ0) is 12.8.